The van der Waals surface area contributed by atoms with Crippen molar-refractivity contribution in [2.24, 2.45) is 0 Å². The van der Waals surface area contributed by atoms with Crippen LogP contribution in [0.4, 0.5) is 16.2 Å². The van der Waals surface area contributed by atoms with Gasteiger partial charge in [0, 0.05) is 38.9 Å². The summed E-state index contributed by atoms with van der Waals surface area (Å²) in [4.78, 5) is 18.9. The third-order valence-electron chi connectivity index (χ3n) is 6.57. The first-order chi connectivity index (χ1) is 16.9. The molecule has 5 heterocycles. The van der Waals surface area contributed by atoms with E-state index in [0.717, 1.165) is 65.6 Å². The molecule has 1 aliphatic heterocycles. The highest BCUT2D eigenvalue weighted by atomic mass is 32.1. The van der Waals surface area contributed by atoms with Gasteiger partial charge in [0.25, 0.3) is 0 Å². The number of aryl methyl sites for hydroxylation is 1. The molecule has 184 valence electrons. The maximum absolute atomic E-state index is 14.8. The summed E-state index contributed by atoms with van der Waals surface area (Å²) in [5, 5.41) is 10.7. The van der Waals surface area contributed by atoms with Crippen molar-refractivity contribution >= 4 is 33.3 Å². The lowest BCUT2D eigenvalue weighted by Gasteiger charge is -2.33. The number of halogens is 1. The average Bonchev–Trinajstić information content (AvgIpc) is 3.42. The number of rotatable bonds is 7. The van der Waals surface area contributed by atoms with Crippen LogP contribution >= 0.6 is 11.3 Å². The lowest BCUT2D eigenvalue weighted by atomic mass is 10.1. The minimum atomic E-state index is -0.455. The van der Waals surface area contributed by atoms with Crippen LogP contribution in [0.5, 0.6) is 0 Å². The second-order valence-corrected chi connectivity index (χ2v) is 10.3. The van der Waals surface area contributed by atoms with Crippen molar-refractivity contribution in [2.45, 2.75) is 40.2 Å². The van der Waals surface area contributed by atoms with Crippen molar-refractivity contribution in [1.29, 1.82) is 0 Å². The summed E-state index contributed by atoms with van der Waals surface area (Å²) in [5.74, 6) is 0.785. The van der Waals surface area contributed by atoms with Gasteiger partial charge in [0.2, 0.25) is 5.95 Å². The fourth-order valence-electron chi connectivity index (χ4n) is 4.42. The normalized spacial score (nSPS) is 15.4. The van der Waals surface area contributed by atoms with Crippen LogP contribution in [0.15, 0.2) is 24.5 Å². The summed E-state index contributed by atoms with van der Waals surface area (Å²) in [6.45, 7) is 14.8. The lowest BCUT2D eigenvalue weighted by molar-refractivity contribution is 0.132. The van der Waals surface area contributed by atoms with E-state index in [1.54, 1.807) is 0 Å². The minimum absolute atomic E-state index is 0.278. The van der Waals surface area contributed by atoms with E-state index in [1.807, 2.05) is 19.2 Å². The molecular weight excluding hydrogens is 463 g/mol. The monoisotopic (exact) mass is 494 g/mol. The molecular formula is C25H31FN8S. The van der Waals surface area contributed by atoms with E-state index < -0.39 is 5.82 Å². The largest absolute Gasteiger partial charge is 0.309 e. The third kappa shape index (κ3) is 4.91. The van der Waals surface area contributed by atoms with Crippen molar-refractivity contribution in [3.8, 4) is 10.6 Å². The number of nitrogens with one attached hydrogen (secondary N) is 2. The van der Waals surface area contributed by atoms with Crippen molar-refractivity contribution in [3.63, 3.8) is 0 Å². The molecule has 10 heteroatoms. The first-order valence-electron chi connectivity index (χ1n) is 12.1. The second-order valence-electron chi connectivity index (χ2n) is 9.30. The van der Waals surface area contributed by atoms with Crippen LogP contribution in [0.3, 0.4) is 0 Å². The second kappa shape index (κ2) is 9.96. The van der Waals surface area contributed by atoms with Gasteiger partial charge in [-0.15, -0.1) is 11.3 Å². The van der Waals surface area contributed by atoms with E-state index in [9.17, 15) is 4.39 Å². The fraction of sp³-hybridized carbons (Fsp3) is 0.440. The zero-order chi connectivity index (χ0) is 24.5. The molecule has 4 aromatic rings. The number of aromatic amines is 1. The first kappa shape index (κ1) is 23.8. The van der Waals surface area contributed by atoms with Gasteiger partial charge in [0.1, 0.15) is 17.0 Å². The summed E-state index contributed by atoms with van der Waals surface area (Å²) in [7, 11) is 0. The van der Waals surface area contributed by atoms with Gasteiger partial charge in [-0.1, -0.05) is 26.8 Å². The van der Waals surface area contributed by atoms with Crippen LogP contribution in [0.25, 0.3) is 20.8 Å². The van der Waals surface area contributed by atoms with Crippen LogP contribution in [0.1, 0.15) is 43.5 Å². The standard InChI is InChI=1S/C25H31FN8S/c1-5-33-8-10-34(11-9-33)14-17-6-7-19(27-12-17)29-25-28-13-18(26)22(30-25)23-16(4)21-24(35-23)20(15(2)3)31-32-21/h6-7,12-13,15H,5,8-11,14H2,1-4H3,(H,31,32)(H,27,28,29,30). The number of pyridine rings is 1. The molecule has 0 amide bonds. The number of nitrogens with zero attached hydrogens (tertiary/aromatic N) is 6. The van der Waals surface area contributed by atoms with Crippen molar-refractivity contribution in [1.82, 2.24) is 34.9 Å². The van der Waals surface area contributed by atoms with Crippen molar-refractivity contribution in [2.75, 3.05) is 38.0 Å². The topological polar surface area (TPSA) is 85.9 Å². The lowest BCUT2D eigenvalue weighted by Crippen LogP contribution is -2.45. The van der Waals surface area contributed by atoms with E-state index >= 15 is 0 Å². The summed E-state index contributed by atoms with van der Waals surface area (Å²) in [6.07, 6.45) is 3.09. The van der Waals surface area contributed by atoms with Gasteiger partial charge in [0.15, 0.2) is 5.82 Å². The zero-order valence-electron chi connectivity index (χ0n) is 20.6. The number of piperazine rings is 1. The van der Waals surface area contributed by atoms with Crippen LogP contribution in [0, 0.1) is 12.7 Å². The Bertz CT molecular complexity index is 1310. The Morgan fingerprint density at radius 1 is 1.11 bits per heavy atom. The number of thiophene rings is 1. The number of aromatic nitrogens is 5. The van der Waals surface area contributed by atoms with Crippen molar-refractivity contribution < 1.29 is 4.39 Å². The Labute approximate surface area is 208 Å². The zero-order valence-corrected chi connectivity index (χ0v) is 21.4. The molecule has 4 aromatic heterocycles. The Morgan fingerprint density at radius 2 is 1.89 bits per heavy atom. The third-order valence-corrected chi connectivity index (χ3v) is 7.89. The SMILES string of the molecule is CCN1CCN(Cc2ccc(Nc3ncc(F)c(-c4sc5c(C(C)C)[nH]nc5c4C)n3)nc2)CC1. The summed E-state index contributed by atoms with van der Waals surface area (Å²) < 4.78 is 15.8. The Balaban J connectivity index is 1.32. The van der Waals surface area contributed by atoms with Crippen molar-refractivity contribution in [3.05, 3.63) is 47.2 Å². The van der Waals surface area contributed by atoms with Gasteiger partial charge in [-0.2, -0.15) is 5.10 Å². The predicted octanol–water partition coefficient (Wildman–Crippen LogP) is 4.93. The summed E-state index contributed by atoms with van der Waals surface area (Å²) in [5.41, 5.74) is 4.29. The molecule has 8 nitrogen and oxygen atoms in total. The van der Waals surface area contributed by atoms with E-state index in [4.69, 9.17) is 0 Å². The molecule has 5 rings (SSSR count). The van der Waals surface area contributed by atoms with Crippen LogP contribution < -0.4 is 5.32 Å². The smallest absolute Gasteiger partial charge is 0.229 e. The van der Waals surface area contributed by atoms with E-state index in [2.05, 4.69) is 67.1 Å². The number of fused-ring (bicyclic) bond motifs is 1. The number of H-pyrrole nitrogens is 1. The molecule has 35 heavy (non-hydrogen) atoms. The Kier molecular flexibility index (Phi) is 6.77. The molecule has 1 saturated heterocycles. The van der Waals surface area contributed by atoms with E-state index in [1.165, 1.54) is 23.1 Å². The van der Waals surface area contributed by atoms with Gasteiger partial charge in [-0.3, -0.25) is 10.00 Å². The van der Waals surface area contributed by atoms with Gasteiger partial charge >= 0.3 is 0 Å². The maximum atomic E-state index is 14.8. The number of likely N-dealkylation sites (N-methyl/N-ethyl adjacent to an activating group) is 1. The minimum Gasteiger partial charge on any atom is -0.309 e. The Hall–Kier alpha value is -2.95. The van der Waals surface area contributed by atoms with Gasteiger partial charge in [-0.05, 0) is 36.6 Å². The highest BCUT2D eigenvalue weighted by molar-refractivity contribution is 7.22. The van der Waals surface area contributed by atoms with Gasteiger partial charge in [-0.25, -0.2) is 19.3 Å². The molecule has 0 saturated carbocycles. The number of hydrogen-bond acceptors (Lipinski definition) is 8. The number of anilines is 2. The molecule has 0 aromatic carbocycles. The first-order valence-corrected chi connectivity index (χ1v) is 12.9. The summed E-state index contributed by atoms with van der Waals surface area (Å²) in [6, 6.07) is 3.99. The fourth-order valence-corrected chi connectivity index (χ4v) is 5.80. The molecule has 1 aliphatic rings. The molecule has 0 aliphatic carbocycles. The van der Waals surface area contributed by atoms with Crippen LogP contribution in [-0.2, 0) is 6.54 Å². The average molecular weight is 495 g/mol. The van der Waals surface area contributed by atoms with Crippen LogP contribution in [0.2, 0.25) is 0 Å². The molecule has 0 unspecified atom stereocenters. The highest BCUT2D eigenvalue weighted by Crippen LogP contribution is 2.40. The molecule has 0 atom stereocenters. The predicted molar refractivity (Wildman–Crippen MR) is 139 cm³/mol. The molecule has 0 radical (unpaired) electrons. The quantitative estimate of drug-likeness (QED) is 0.377. The highest BCUT2D eigenvalue weighted by Gasteiger charge is 2.21. The number of hydrogen-bond donors (Lipinski definition) is 2. The van der Waals surface area contributed by atoms with E-state index in [-0.39, 0.29) is 5.69 Å². The molecule has 0 bridgehead atoms. The maximum Gasteiger partial charge on any atom is 0.229 e. The Morgan fingerprint density at radius 3 is 2.57 bits per heavy atom. The van der Waals surface area contributed by atoms with Gasteiger partial charge in [0.05, 0.1) is 21.5 Å². The molecule has 0 spiro atoms. The summed E-state index contributed by atoms with van der Waals surface area (Å²) >= 11 is 1.51. The molecule has 2 N–H and O–H groups in total. The van der Waals surface area contributed by atoms with Crippen LogP contribution in [-0.4, -0.2) is 67.7 Å². The van der Waals surface area contributed by atoms with Gasteiger partial charge < -0.3 is 10.2 Å². The molecule has 1 fully saturated rings. The van der Waals surface area contributed by atoms with E-state index in [0.29, 0.717) is 17.7 Å².